The van der Waals surface area contributed by atoms with Gasteiger partial charge in [0, 0.05) is 12.7 Å². The molecule has 0 aliphatic heterocycles. The molecule has 0 spiro atoms. The number of aliphatic imine (C=N–C) groups is 1. The van der Waals surface area contributed by atoms with Crippen LogP contribution in [-0.2, 0) is 19.6 Å². The quantitative estimate of drug-likeness (QED) is 0.504. The van der Waals surface area contributed by atoms with E-state index in [9.17, 15) is 0 Å². The lowest BCUT2D eigenvalue weighted by molar-refractivity contribution is 0.684. The lowest BCUT2D eigenvalue weighted by Crippen LogP contribution is -2.37. The van der Waals surface area contributed by atoms with Crippen LogP contribution in [0, 0.1) is 0 Å². The van der Waals surface area contributed by atoms with Crippen molar-refractivity contribution in [1.82, 2.24) is 30.4 Å². The first-order valence-corrected chi connectivity index (χ1v) is 8.66. The van der Waals surface area contributed by atoms with E-state index in [1.165, 1.54) is 5.56 Å². The van der Waals surface area contributed by atoms with Crippen LogP contribution < -0.4 is 10.6 Å². The summed E-state index contributed by atoms with van der Waals surface area (Å²) < 4.78 is 1.81. The molecule has 2 N–H and O–H groups in total. The van der Waals surface area contributed by atoms with E-state index in [-0.39, 0.29) is 0 Å². The maximum Gasteiger partial charge on any atom is 0.191 e. The maximum absolute atomic E-state index is 4.67. The summed E-state index contributed by atoms with van der Waals surface area (Å²) in [5.41, 5.74) is 3.31. The summed E-state index contributed by atoms with van der Waals surface area (Å²) >= 11 is 0. The molecule has 1 aromatic carbocycles. The fraction of sp³-hybridized carbons (Fsp3) is 0.263. The molecule has 7 nitrogen and oxygen atoms in total. The molecule has 0 bridgehead atoms. The average molecular weight is 349 g/mol. The molecule has 0 unspecified atom stereocenters. The van der Waals surface area contributed by atoms with Crippen molar-refractivity contribution in [2.45, 2.75) is 26.6 Å². The summed E-state index contributed by atoms with van der Waals surface area (Å²) in [6.45, 7) is 4.80. The third-order valence-electron chi connectivity index (χ3n) is 3.73. The average Bonchev–Trinajstić information content (AvgIpc) is 3.18. The summed E-state index contributed by atoms with van der Waals surface area (Å²) in [4.78, 5) is 13.0. The molecule has 2 heterocycles. The summed E-state index contributed by atoms with van der Waals surface area (Å²) in [6, 6.07) is 14.2. The minimum Gasteiger partial charge on any atom is -0.357 e. The van der Waals surface area contributed by atoms with E-state index >= 15 is 0 Å². The number of rotatable bonds is 7. The van der Waals surface area contributed by atoms with Gasteiger partial charge >= 0.3 is 0 Å². The number of guanidine groups is 1. The highest BCUT2D eigenvalue weighted by molar-refractivity contribution is 5.79. The SMILES string of the molecule is CCNC(=NCc1cccc(Cn2cncn2)c1)NCc1ccccn1. The van der Waals surface area contributed by atoms with Gasteiger partial charge in [-0.15, -0.1) is 0 Å². The number of hydrogen-bond donors (Lipinski definition) is 2. The molecule has 3 rings (SSSR count). The molecule has 0 radical (unpaired) electrons. The molecule has 0 saturated heterocycles. The van der Waals surface area contributed by atoms with Crippen molar-refractivity contribution in [2.24, 2.45) is 4.99 Å². The Morgan fingerprint density at radius 3 is 2.81 bits per heavy atom. The van der Waals surface area contributed by atoms with E-state index in [1.807, 2.05) is 24.3 Å². The van der Waals surface area contributed by atoms with Crippen molar-refractivity contribution in [2.75, 3.05) is 6.54 Å². The van der Waals surface area contributed by atoms with E-state index in [1.54, 1.807) is 23.5 Å². The second kappa shape index (κ2) is 9.31. The first-order chi connectivity index (χ1) is 12.8. The zero-order valence-electron chi connectivity index (χ0n) is 14.8. The van der Waals surface area contributed by atoms with Crippen molar-refractivity contribution in [3.63, 3.8) is 0 Å². The molecule has 0 atom stereocenters. The van der Waals surface area contributed by atoms with E-state index in [0.717, 1.165) is 23.8 Å². The Morgan fingerprint density at radius 2 is 2.04 bits per heavy atom. The number of benzene rings is 1. The van der Waals surface area contributed by atoms with Gasteiger partial charge in [-0.25, -0.2) is 14.7 Å². The Balaban J connectivity index is 1.61. The number of nitrogens with zero attached hydrogens (tertiary/aromatic N) is 5. The van der Waals surface area contributed by atoms with Crippen LogP contribution in [0.1, 0.15) is 23.7 Å². The van der Waals surface area contributed by atoms with Crippen LogP contribution in [0.25, 0.3) is 0 Å². The zero-order valence-corrected chi connectivity index (χ0v) is 14.8. The minimum absolute atomic E-state index is 0.600. The first-order valence-electron chi connectivity index (χ1n) is 8.66. The highest BCUT2D eigenvalue weighted by Crippen LogP contribution is 2.08. The second-order valence-corrected chi connectivity index (χ2v) is 5.78. The van der Waals surface area contributed by atoms with Crippen LogP contribution in [0.5, 0.6) is 0 Å². The maximum atomic E-state index is 4.67. The van der Waals surface area contributed by atoms with Crippen molar-refractivity contribution < 1.29 is 0 Å². The number of pyridine rings is 1. The summed E-state index contributed by atoms with van der Waals surface area (Å²) in [7, 11) is 0. The van der Waals surface area contributed by atoms with Crippen LogP contribution in [0.2, 0.25) is 0 Å². The number of hydrogen-bond acceptors (Lipinski definition) is 4. The Morgan fingerprint density at radius 1 is 1.12 bits per heavy atom. The van der Waals surface area contributed by atoms with Gasteiger partial charge in [0.25, 0.3) is 0 Å². The largest absolute Gasteiger partial charge is 0.357 e. The lowest BCUT2D eigenvalue weighted by Gasteiger charge is -2.11. The summed E-state index contributed by atoms with van der Waals surface area (Å²) in [6.07, 6.45) is 5.06. The topological polar surface area (TPSA) is 80.0 Å². The molecule has 2 aromatic heterocycles. The van der Waals surface area contributed by atoms with Gasteiger partial charge in [0.2, 0.25) is 0 Å². The Hall–Kier alpha value is -3.22. The van der Waals surface area contributed by atoms with Crippen molar-refractivity contribution in [1.29, 1.82) is 0 Å². The van der Waals surface area contributed by atoms with Gasteiger partial charge in [-0.2, -0.15) is 5.10 Å². The van der Waals surface area contributed by atoms with Gasteiger partial charge in [0.1, 0.15) is 12.7 Å². The first kappa shape index (κ1) is 17.6. The second-order valence-electron chi connectivity index (χ2n) is 5.78. The molecule has 0 saturated carbocycles. The number of aromatic nitrogens is 4. The van der Waals surface area contributed by atoms with Crippen LogP contribution in [0.15, 0.2) is 66.3 Å². The van der Waals surface area contributed by atoms with Gasteiger partial charge < -0.3 is 10.6 Å². The van der Waals surface area contributed by atoms with Crippen LogP contribution in [0.3, 0.4) is 0 Å². The van der Waals surface area contributed by atoms with Crippen LogP contribution >= 0.6 is 0 Å². The van der Waals surface area contributed by atoms with E-state index in [0.29, 0.717) is 19.6 Å². The smallest absolute Gasteiger partial charge is 0.191 e. The zero-order chi connectivity index (χ0) is 18.0. The highest BCUT2D eigenvalue weighted by atomic mass is 15.3. The predicted molar refractivity (Wildman–Crippen MR) is 101 cm³/mol. The summed E-state index contributed by atoms with van der Waals surface area (Å²) in [5.74, 6) is 0.778. The fourth-order valence-corrected chi connectivity index (χ4v) is 2.52. The normalized spacial score (nSPS) is 11.3. The number of nitrogens with one attached hydrogen (secondary N) is 2. The van der Waals surface area contributed by atoms with E-state index in [2.05, 4.69) is 55.8 Å². The molecular weight excluding hydrogens is 326 g/mol. The van der Waals surface area contributed by atoms with Crippen LogP contribution in [0.4, 0.5) is 0 Å². The molecule has 3 aromatic rings. The van der Waals surface area contributed by atoms with E-state index in [4.69, 9.17) is 0 Å². The van der Waals surface area contributed by atoms with Gasteiger partial charge in [0.15, 0.2) is 5.96 Å². The fourth-order valence-electron chi connectivity index (χ4n) is 2.52. The molecule has 0 aliphatic carbocycles. The van der Waals surface area contributed by atoms with Gasteiger partial charge in [0.05, 0.1) is 25.3 Å². The van der Waals surface area contributed by atoms with Crippen molar-refractivity contribution in [3.8, 4) is 0 Å². The monoisotopic (exact) mass is 349 g/mol. The minimum atomic E-state index is 0.600. The van der Waals surface area contributed by atoms with E-state index < -0.39 is 0 Å². The molecule has 26 heavy (non-hydrogen) atoms. The standard InChI is InChI=1S/C19H23N7/c1-2-21-19(24-12-18-8-3-4-9-22-18)23-11-16-6-5-7-17(10-16)13-26-15-20-14-25-26/h3-10,14-15H,2,11-13H2,1H3,(H2,21,23,24). The third-order valence-corrected chi connectivity index (χ3v) is 3.73. The Labute approximate surface area is 153 Å². The third kappa shape index (κ3) is 5.41. The molecular formula is C19H23N7. The lowest BCUT2D eigenvalue weighted by atomic mass is 10.1. The molecule has 0 aliphatic rings. The van der Waals surface area contributed by atoms with Crippen molar-refractivity contribution >= 4 is 5.96 Å². The molecule has 7 heteroatoms. The molecule has 0 amide bonds. The Kier molecular flexibility index (Phi) is 6.30. The highest BCUT2D eigenvalue weighted by Gasteiger charge is 2.01. The van der Waals surface area contributed by atoms with Gasteiger partial charge in [-0.05, 0) is 30.2 Å². The molecule has 0 fully saturated rings. The van der Waals surface area contributed by atoms with Crippen molar-refractivity contribution in [3.05, 3.63) is 78.1 Å². The summed E-state index contributed by atoms with van der Waals surface area (Å²) in [5, 5.41) is 10.7. The van der Waals surface area contributed by atoms with Gasteiger partial charge in [-0.1, -0.05) is 30.3 Å². The van der Waals surface area contributed by atoms with Gasteiger partial charge in [-0.3, -0.25) is 4.98 Å². The Bertz CT molecular complexity index is 813. The predicted octanol–water partition coefficient (Wildman–Crippen LogP) is 1.98. The van der Waals surface area contributed by atoms with Crippen LogP contribution in [-0.4, -0.2) is 32.3 Å². The molecule has 134 valence electrons.